The molecule has 0 spiro atoms. The highest BCUT2D eigenvalue weighted by Crippen LogP contribution is 2.36. The number of halogens is 1. The Labute approximate surface area is 251 Å². The number of nitrogens with zero attached hydrogens (tertiary/aromatic N) is 3. The van der Waals surface area contributed by atoms with E-state index in [0.29, 0.717) is 0 Å². The summed E-state index contributed by atoms with van der Waals surface area (Å²) in [6.07, 6.45) is 6.49. The van der Waals surface area contributed by atoms with Crippen LogP contribution in [0.1, 0.15) is 11.1 Å². The van der Waals surface area contributed by atoms with Gasteiger partial charge in [-0.2, -0.15) is 4.57 Å². The van der Waals surface area contributed by atoms with Crippen molar-refractivity contribution in [2.45, 2.75) is 4.90 Å². The predicted molar refractivity (Wildman–Crippen MR) is 162 cm³/mol. The second kappa shape index (κ2) is 12.3. The number of aryl methyl sites for hydroxylation is 1. The lowest BCUT2D eigenvalue weighted by atomic mass is 10.1. The van der Waals surface area contributed by atoms with Crippen LogP contribution in [0.25, 0.3) is 45.1 Å². The van der Waals surface area contributed by atoms with Crippen LogP contribution in [0.4, 0.5) is 5.69 Å². The van der Waals surface area contributed by atoms with E-state index < -0.39 is 0 Å². The van der Waals surface area contributed by atoms with E-state index in [9.17, 15) is 0 Å². The van der Waals surface area contributed by atoms with Crippen LogP contribution in [0, 0.1) is 0 Å². The summed E-state index contributed by atoms with van der Waals surface area (Å²) in [5.41, 5.74) is 7.62. The maximum absolute atomic E-state index is 6.50. The van der Waals surface area contributed by atoms with Crippen molar-refractivity contribution < 1.29 is 33.0 Å². The lowest BCUT2D eigenvalue weighted by Crippen LogP contribution is -3.00. The van der Waals surface area contributed by atoms with E-state index in [1.807, 2.05) is 6.07 Å². The maximum atomic E-state index is 6.50. The average Bonchev–Trinajstić information content (AvgIpc) is 3.34. The van der Waals surface area contributed by atoms with Crippen molar-refractivity contribution >= 4 is 62.6 Å². The number of para-hydroxylation sites is 1. The molecule has 1 fully saturated rings. The Hall–Kier alpha value is -2.59. The van der Waals surface area contributed by atoms with Crippen LogP contribution in [0.15, 0.2) is 76.0 Å². The molecule has 39 heavy (non-hydrogen) atoms. The van der Waals surface area contributed by atoms with Crippen LogP contribution in [-0.2, 0) is 7.05 Å². The van der Waals surface area contributed by atoms with Crippen LogP contribution < -0.4 is 33.9 Å². The molecule has 3 aromatic carbocycles. The molecule has 5 aromatic rings. The highest BCUT2D eigenvalue weighted by atomic mass is 127. The molecule has 1 aliphatic heterocycles. The van der Waals surface area contributed by atoms with E-state index in [-0.39, 0.29) is 24.0 Å². The normalized spacial score (nSPS) is 14.9. The number of fused-ring (bicyclic) bond motifs is 4. The molecule has 7 heteroatoms. The number of anilines is 1. The molecule has 2 aromatic heterocycles. The van der Waals surface area contributed by atoms with Gasteiger partial charge in [-0.25, -0.2) is 0 Å². The van der Waals surface area contributed by atoms with Crippen LogP contribution in [0.3, 0.4) is 0 Å². The number of piperazine rings is 1. The molecule has 202 valence electrons. The first-order valence-electron chi connectivity index (χ1n) is 13.3. The zero-order valence-corrected chi connectivity index (χ0v) is 25.8. The minimum atomic E-state index is 0. The van der Waals surface area contributed by atoms with Crippen molar-refractivity contribution in [2.24, 2.45) is 7.05 Å². The summed E-state index contributed by atoms with van der Waals surface area (Å²) in [6.45, 7) is 6.40. The summed E-state index contributed by atoms with van der Waals surface area (Å²) in [5, 5.41) is 6.13. The third-order valence-electron chi connectivity index (χ3n) is 7.69. The van der Waals surface area contributed by atoms with E-state index >= 15 is 0 Å². The fourth-order valence-corrected chi connectivity index (χ4v) is 5.83. The zero-order valence-electron chi connectivity index (χ0n) is 22.8. The van der Waals surface area contributed by atoms with E-state index in [0.717, 1.165) is 67.0 Å². The lowest BCUT2D eigenvalue weighted by Gasteiger charge is -2.32. The molecule has 3 heterocycles. The number of furan rings is 1. The van der Waals surface area contributed by atoms with Crippen LogP contribution in [0.2, 0.25) is 0 Å². The summed E-state index contributed by atoms with van der Waals surface area (Å²) < 4.78 is 8.77. The van der Waals surface area contributed by atoms with Gasteiger partial charge in [0.25, 0.3) is 5.52 Å². The highest BCUT2D eigenvalue weighted by Gasteiger charge is 2.25. The number of hydrogen-bond donors (Lipinski definition) is 1. The topological polar surface area (TPSA) is 35.5 Å². The van der Waals surface area contributed by atoms with Gasteiger partial charge in [-0.1, -0.05) is 36.4 Å². The van der Waals surface area contributed by atoms with Gasteiger partial charge in [-0.3, -0.25) is 4.90 Å². The Morgan fingerprint density at radius 1 is 0.923 bits per heavy atom. The van der Waals surface area contributed by atoms with Gasteiger partial charge in [0.2, 0.25) is 11.1 Å². The second-order valence-electron chi connectivity index (χ2n) is 10.2. The van der Waals surface area contributed by atoms with Gasteiger partial charge in [0.15, 0.2) is 0 Å². The molecule has 1 aliphatic rings. The molecule has 6 rings (SSSR count). The summed E-state index contributed by atoms with van der Waals surface area (Å²) in [6, 6.07) is 23.8. The highest BCUT2D eigenvalue weighted by molar-refractivity contribution is 7.98. The molecule has 1 saturated heterocycles. The van der Waals surface area contributed by atoms with Crippen molar-refractivity contribution in [2.75, 3.05) is 57.9 Å². The van der Waals surface area contributed by atoms with E-state index in [2.05, 4.69) is 113 Å². The largest absolute Gasteiger partial charge is 1.00 e. The average molecular weight is 651 g/mol. The molecule has 0 aliphatic carbocycles. The van der Waals surface area contributed by atoms with Crippen LogP contribution in [0.5, 0.6) is 0 Å². The van der Waals surface area contributed by atoms with Gasteiger partial charge in [0.05, 0.1) is 16.5 Å². The van der Waals surface area contributed by atoms with Gasteiger partial charge in [-0.05, 0) is 60.8 Å². The number of likely N-dealkylation sites (N-methyl/N-ethyl adjacent to an activating group) is 1. The van der Waals surface area contributed by atoms with Gasteiger partial charge >= 0.3 is 0 Å². The molecule has 0 saturated carbocycles. The van der Waals surface area contributed by atoms with Gasteiger partial charge in [0.1, 0.15) is 12.6 Å². The lowest BCUT2D eigenvalue weighted by molar-refractivity contribution is -0.616. The van der Waals surface area contributed by atoms with Crippen molar-refractivity contribution in [1.29, 1.82) is 0 Å². The first-order valence-corrected chi connectivity index (χ1v) is 14.6. The number of thioether (sulfide) groups is 1. The molecule has 0 unspecified atom stereocenters. The summed E-state index contributed by atoms with van der Waals surface area (Å²) >= 11 is 1.77. The van der Waals surface area contributed by atoms with E-state index in [1.54, 1.807) is 11.8 Å². The first kappa shape index (κ1) is 28.0. The Balaban J connectivity index is 0.00000308. The second-order valence-corrected chi connectivity index (χ2v) is 11.0. The number of rotatable bonds is 7. The van der Waals surface area contributed by atoms with Crippen molar-refractivity contribution in [3.63, 3.8) is 0 Å². The van der Waals surface area contributed by atoms with Crippen molar-refractivity contribution in [3.05, 3.63) is 77.9 Å². The van der Waals surface area contributed by atoms with Crippen LogP contribution >= 0.6 is 11.8 Å². The Morgan fingerprint density at radius 2 is 1.64 bits per heavy atom. The fourth-order valence-electron chi connectivity index (χ4n) is 5.42. The summed E-state index contributed by atoms with van der Waals surface area (Å²) in [7, 11) is 4.35. The molecule has 0 amide bonds. The number of pyridine rings is 1. The third-order valence-corrected chi connectivity index (χ3v) is 8.44. The van der Waals surface area contributed by atoms with Gasteiger partial charge in [-0.15, -0.1) is 11.8 Å². The SMILES string of the molecule is CSc1ccc(/C=C/c2ccc3c(c2)c(NCCN2CCN(C)CC2)c2oc4ccccc4c2[n+]3C)cc1.[I-]. The Morgan fingerprint density at radius 3 is 2.41 bits per heavy atom. The first-order chi connectivity index (χ1) is 18.6. The summed E-state index contributed by atoms with van der Waals surface area (Å²) in [4.78, 5) is 6.23. The molecular formula is C32H35IN4OS. The van der Waals surface area contributed by atoms with E-state index in [4.69, 9.17) is 4.42 Å². The number of benzene rings is 3. The fraction of sp³-hybridized carbons (Fsp3) is 0.281. The Kier molecular flexibility index (Phi) is 8.81. The minimum absolute atomic E-state index is 0. The van der Waals surface area contributed by atoms with Gasteiger partial charge in [0, 0.05) is 50.2 Å². The molecule has 1 N–H and O–H groups in total. The molecule has 0 atom stereocenters. The predicted octanol–water partition coefficient (Wildman–Crippen LogP) is 3.12. The maximum Gasteiger partial charge on any atom is 0.261 e. The Bertz CT molecular complexity index is 1620. The molecule has 0 bridgehead atoms. The smallest absolute Gasteiger partial charge is 0.261 e. The monoisotopic (exact) mass is 650 g/mol. The van der Waals surface area contributed by atoms with Crippen LogP contribution in [-0.4, -0.2) is 62.4 Å². The van der Waals surface area contributed by atoms with E-state index in [1.165, 1.54) is 26.9 Å². The quantitative estimate of drug-likeness (QED) is 0.127. The van der Waals surface area contributed by atoms with Crippen molar-refractivity contribution in [1.82, 2.24) is 9.80 Å². The standard InChI is InChI=1S/C32H34N4OS.HI/c1-34-18-20-36(21-19-34)17-16-33-30-27-22-24(9-8-23-10-13-25(38-3)14-11-23)12-15-28(27)35(2)31-26-6-4-5-7-29(26)37-32(30)31;/h4-15,22H,16-21H2,1-3H3;1H/b9-8+;. The zero-order chi connectivity index (χ0) is 26.1. The molecule has 0 radical (unpaired) electrons. The number of nitrogens with one attached hydrogen (secondary N) is 1. The number of hydrogen-bond acceptors (Lipinski definition) is 5. The third kappa shape index (κ3) is 5.82. The molecular weight excluding hydrogens is 615 g/mol. The molecule has 5 nitrogen and oxygen atoms in total. The van der Waals surface area contributed by atoms with Gasteiger partial charge < -0.3 is 38.6 Å². The summed E-state index contributed by atoms with van der Waals surface area (Å²) in [5.74, 6) is 0. The number of aromatic nitrogens is 1. The van der Waals surface area contributed by atoms with Crippen molar-refractivity contribution in [3.8, 4) is 0 Å². The minimum Gasteiger partial charge on any atom is -1.00 e.